The van der Waals surface area contributed by atoms with Gasteiger partial charge in [-0.1, -0.05) is 12.8 Å². The molecule has 0 heterocycles. The van der Waals surface area contributed by atoms with Crippen molar-refractivity contribution >= 4 is 0 Å². The summed E-state index contributed by atoms with van der Waals surface area (Å²) in [7, 11) is 1.80. The molecular weight excluding hydrogens is 200 g/mol. The highest BCUT2D eigenvalue weighted by atomic mass is 16.5. The van der Waals surface area contributed by atoms with Gasteiger partial charge >= 0.3 is 0 Å². The monoisotopic (exact) mass is 222 g/mol. The van der Waals surface area contributed by atoms with Gasteiger partial charge in [0, 0.05) is 19.2 Å². The van der Waals surface area contributed by atoms with Crippen LogP contribution < -0.4 is 5.32 Å². The molecule has 2 aliphatic carbocycles. The molecule has 0 aromatic carbocycles. The Balaban J connectivity index is 1.89. The van der Waals surface area contributed by atoms with Crippen LogP contribution in [-0.4, -0.2) is 25.3 Å². The molecule has 0 spiro atoms. The molecule has 2 aliphatic rings. The smallest absolute Gasteiger partial charge is 0.0724 e. The first kappa shape index (κ1) is 11.9. The van der Waals surface area contributed by atoms with E-state index in [2.05, 4.69) is 11.4 Å². The largest absolute Gasteiger partial charge is 0.380 e. The zero-order valence-electron chi connectivity index (χ0n) is 10.1. The first-order valence-electron chi connectivity index (χ1n) is 6.53. The van der Waals surface area contributed by atoms with E-state index in [1.54, 1.807) is 7.11 Å². The fourth-order valence-corrected chi connectivity index (χ4v) is 3.16. The topological polar surface area (TPSA) is 45.0 Å². The van der Waals surface area contributed by atoms with Crippen LogP contribution in [0.3, 0.4) is 0 Å². The van der Waals surface area contributed by atoms with Gasteiger partial charge in [0.1, 0.15) is 0 Å². The standard InChI is InChI=1S/C13H22N2O/c1-16-13-8-4-7-12(13)15-11-6-3-2-5-10(11)9-14/h10-13,15H,2-8H2,1H3. The molecule has 2 saturated carbocycles. The molecule has 2 fully saturated rings. The summed E-state index contributed by atoms with van der Waals surface area (Å²) in [6.45, 7) is 0. The summed E-state index contributed by atoms with van der Waals surface area (Å²) >= 11 is 0. The van der Waals surface area contributed by atoms with Gasteiger partial charge in [0.25, 0.3) is 0 Å². The molecule has 0 saturated heterocycles. The third-order valence-electron chi connectivity index (χ3n) is 4.12. The van der Waals surface area contributed by atoms with E-state index >= 15 is 0 Å². The van der Waals surface area contributed by atoms with Gasteiger partial charge < -0.3 is 10.1 Å². The van der Waals surface area contributed by atoms with Gasteiger partial charge in [0.05, 0.1) is 18.1 Å². The molecule has 2 rings (SSSR count). The van der Waals surface area contributed by atoms with Crippen LogP contribution in [0.4, 0.5) is 0 Å². The first-order valence-corrected chi connectivity index (χ1v) is 6.53. The van der Waals surface area contributed by atoms with Gasteiger partial charge in [-0.05, 0) is 32.1 Å². The third-order valence-corrected chi connectivity index (χ3v) is 4.12. The van der Waals surface area contributed by atoms with Gasteiger partial charge in [-0.15, -0.1) is 0 Å². The number of methoxy groups -OCH3 is 1. The zero-order chi connectivity index (χ0) is 11.4. The molecule has 0 radical (unpaired) electrons. The molecule has 0 amide bonds. The molecule has 1 N–H and O–H groups in total. The third kappa shape index (κ3) is 2.56. The average molecular weight is 222 g/mol. The van der Waals surface area contributed by atoms with Crippen molar-refractivity contribution in [1.29, 1.82) is 5.26 Å². The number of nitriles is 1. The Kier molecular flexibility index (Phi) is 4.20. The van der Waals surface area contributed by atoms with Crippen molar-refractivity contribution in [3.8, 4) is 6.07 Å². The van der Waals surface area contributed by atoms with Crippen molar-refractivity contribution in [2.24, 2.45) is 5.92 Å². The van der Waals surface area contributed by atoms with Crippen molar-refractivity contribution in [1.82, 2.24) is 5.32 Å². The fraction of sp³-hybridized carbons (Fsp3) is 0.923. The Hall–Kier alpha value is -0.590. The van der Waals surface area contributed by atoms with Crippen molar-refractivity contribution in [3.63, 3.8) is 0 Å². The summed E-state index contributed by atoms with van der Waals surface area (Å²) in [5.74, 6) is 0.215. The maximum absolute atomic E-state index is 9.14. The van der Waals surface area contributed by atoms with Crippen LogP contribution in [0.5, 0.6) is 0 Å². The highest BCUT2D eigenvalue weighted by Gasteiger charge is 2.32. The molecule has 0 aromatic heterocycles. The summed E-state index contributed by atoms with van der Waals surface area (Å²) in [6, 6.07) is 3.34. The van der Waals surface area contributed by atoms with Gasteiger partial charge in [0.15, 0.2) is 0 Å². The first-order chi connectivity index (χ1) is 7.85. The normalized spacial score (nSPS) is 39.5. The predicted octanol–water partition coefficient (Wildman–Crippen LogP) is 2.23. The molecule has 16 heavy (non-hydrogen) atoms. The van der Waals surface area contributed by atoms with Crippen molar-refractivity contribution in [2.45, 2.75) is 63.1 Å². The summed E-state index contributed by atoms with van der Waals surface area (Å²) in [4.78, 5) is 0. The Morgan fingerprint density at radius 2 is 1.81 bits per heavy atom. The lowest BCUT2D eigenvalue weighted by Gasteiger charge is -2.32. The number of hydrogen-bond acceptors (Lipinski definition) is 3. The SMILES string of the molecule is COC1CCCC1NC1CCCCC1C#N. The summed E-state index contributed by atoms with van der Waals surface area (Å²) in [5, 5.41) is 12.8. The fourth-order valence-electron chi connectivity index (χ4n) is 3.16. The second-order valence-corrected chi connectivity index (χ2v) is 5.10. The lowest BCUT2D eigenvalue weighted by atomic mass is 9.85. The minimum atomic E-state index is 0.215. The number of hydrogen-bond donors (Lipinski definition) is 1. The number of rotatable bonds is 3. The van der Waals surface area contributed by atoms with Gasteiger partial charge in [-0.3, -0.25) is 0 Å². The van der Waals surface area contributed by atoms with Crippen LogP contribution in [-0.2, 0) is 4.74 Å². The molecule has 0 aromatic rings. The molecule has 90 valence electrons. The van der Waals surface area contributed by atoms with Crippen LogP contribution >= 0.6 is 0 Å². The van der Waals surface area contributed by atoms with E-state index in [9.17, 15) is 0 Å². The lowest BCUT2D eigenvalue weighted by Crippen LogP contribution is -2.47. The number of nitrogens with one attached hydrogen (secondary N) is 1. The van der Waals surface area contributed by atoms with Gasteiger partial charge in [-0.2, -0.15) is 5.26 Å². The highest BCUT2D eigenvalue weighted by Crippen LogP contribution is 2.28. The van der Waals surface area contributed by atoms with Crippen molar-refractivity contribution in [2.75, 3.05) is 7.11 Å². The highest BCUT2D eigenvalue weighted by molar-refractivity contribution is 4.97. The average Bonchev–Trinajstić information content (AvgIpc) is 2.77. The van der Waals surface area contributed by atoms with Crippen LogP contribution in [0.15, 0.2) is 0 Å². The summed E-state index contributed by atoms with van der Waals surface area (Å²) in [5.41, 5.74) is 0. The molecule has 4 atom stereocenters. The lowest BCUT2D eigenvalue weighted by molar-refractivity contribution is 0.0767. The van der Waals surface area contributed by atoms with Crippen molar-refractivity contribution in [3.05, 3.63) is 0 Å². The minimum absolute atomic E-state index is 0.215. The van der Waals surface area contributed by atoms with E-state index in [4.69, 9.17) is 10.00 Å². The minimum Gasteiger partial charge on any atom is -0.380 e. The molecule has 3 heteroatoms. The van der Waals surface area contributed by atoms with Crippen LogP contribution in [0.25, 0.3) is 0 Å². The van der Waals surface area contributed by atoms with E-state index in [-0.39, 0.29) is 5.92 Å². The molecule has 3 nitrogen and oxygen atoms in total. The molecule has 0 aliphatic heterocycles. The van der Waals surface area contributed by atoms with E-state index in [1.807, 2.05) is 0 Å². The summed E-state index contributed by atoms with van der Waals surface area (Å²) in [6.07, 6.45) is 8.69. The van der Waals surface area contributed by atoms with Crippen LogP contribution in [0.1, 0.15) is 44.9 Å². The maximum atomic E-state index is 9.14. The predicted molar refractivity (Wildman–Crippen MR) is 62.9 cm³/mol. The van der Waals surface area contributed by atoms with E-state index < -0.39 is 0 Å². The second kappa shape index (κ2) is 5.65. The molecular formula is C13H22N2O. The molecule has 0 bridgehead atoms. The number of ether oxygens (including phenoxy) is 1. The maximum Gasteiger partial charge on any atom is 0.0724 e. The Labute approximate surface area is 98.2 Å². The van der Waals surface area contributed by atoms with Gasteiger partial charge in [-0.25, -0.2) is 0 Å². The van der Waals surface area contributed by atoms with Crippen molar-refractivity contribution < 1.29 is 4.74 Å². The zero-order valence-corrected chi connectivity index (χ0v) is 10.1. The Morgan fingerprint density at radius 1 is 1.06 bits per heavy atom. The summed E-state index contributed by atoms with van der Waals surface area (Å²) < 4.78 is 5.49. The second-order valence-electron chi connectivity index (χ2n) is 5.10. The van der Waals surface area contributed by atoms with Crippen LogP contribution in [0.2, 0.25) is 0 Å². The quantitative estimate of drug-likeness (QED) is 0.796. The van der Waals surface area contributed by atoms with E-state index in [0.29, 0.717) is 18.2 Å². The Bertz CT molecular complexity index is 261. The Morgan fingerprint density at radius 3 is 2.56 bits per heavy atom. The van der Waals surface area contributed by atoms with E-state index in [0.717, 1.165) is 19.3 Å². The van der Waals surface area contributed by atoms with Crippen LogP contribution in [0, 0.1) is 17.2 Å². The molecule has 4 unspecified atom stereocenters. The van der Waals surface area contributed by atoms with E-state index in [1.165, 1.54) is 25.7 Å². The van der Waals surface area contributed by atoms with Gasteiger partial charge in [0.2, 0.25) is 0 Å². The number of nitrogens with zero attached hydrogens (tertiary/aromatic N) is 1.